The van der Waals surface area contributed by atoms with Gasteiger partial charge >= 0.3 is 0 Å². The van der Waals surface area contributed by atoms with Crippen molar-refractivity contribution >= 4 is 35.2 Å². The van der Waals surface area contributed by atoms with Crippen molar-refractivity contribution in [2.75, 3.05) is 11.5 Å². The fourth-order valence-electron chi connectivity index (χ4n) is 3.69. The van der Waals surface area contributed by atoms with Gasteiger partial charge in [-0.05, 0) is 96.6 Å². The SMILES string of the molecule is Nc1ccc(Oc2ccc(P(c3ccccc3)c3ccc(Oc4ccc(N)cc4)cc3)cc2)cc1. The molecule has 5 aromatic rings. The van der Waals surface area contributed by atoms with Crippen LogP contribution in [-0.4, -0.2) is 0 Å². The minimum absolute atomic E-state index is 0.714. The lowest BCUT2D eigenvalue weighted by Gasteiger charge is -2.20. The van der Waals surface area contributed by atoms with E-state index in [0.717, 1.165) is 23.0 Å². The molecule has 0 aliphatic heterocycles. The number of ether oxygens (including phenoxy) is 2. The largest absolute Gasteiger partial charge is 0.457 e. The molecule has 0 spiro atoms. The Labute approximate surface area is 206 Å². The first kappa shape index (κ1) is 22.5. The molecule has 0 saturated carbocycles. The highest BCUT2D eigenvalue weighted by atomic mass is 31.1. The van der Waals surface area contributed by atoms with Crippen LogP contribution < -0.4 is 36.9 Å². The molecule has 0 saturated heterocycles. The van der Waals surface area contributed by atoms with Gasteiger partial charge in [0.15, 0.2) is 0 Å². The van der Waals surface area contributed by atoms with Crippen LogP contribution in [0, 0.1) is 0 Å². The summed E-state index contributed by atoms with van der Waals surface area (Å²) >= 11 is 0. The summed E-state index contributed by atoms with van der Waals surface area (Å²) in [6.45, 7) is 0. The zero-order chi connectivity index (χ0) is 24.0. The third-order valence-corrected chi connectivity index (χ3v) is 7.88. The maximum atomic E-state index is 5.99. The molecule has 4 N–H and O–H groups in total. The molecular weight excluding hydrogens is 451 g/mol. The van der Waals surface area contributed by atoms with Gasteiger partial charge in [-0.3, -0.25) is 0 Å². The zero-order valence-electron chi connectivity index (χ0n) is 19.0. The predicted molar refractivity (Wildman–Crippen MR) is 147 cm³/mol. The van der Waals surface area contributed by atoms with E-state index in [2.05, 4.69) is 48.5 Å². The Morgan fingerprint density at radius 1 is 0.371 bits per heavy atom. The summed E-state index contributed by atoms with van der Waals surface area (Å²) in [4.78, 5) is 0. The lowest BCUT2D eigenvalue weighted by Crippen LogP contribution is -2.20. The second kappa shape index (κ2) is 10.3. The Bertz CT molecular complexity index is 1280. The van der Waals surface area contributed by atoms with Gasteiger partial charge < -0.3 is 20.9 Å². The van der Waals surface area contributed by atoms with Crippen molar-refractivity contribution in [3.05, 3.63) is 127 Å². The highest BCUT2D eigenvalue weighted by Crippen LogP contribution is 2.35. The van der Waals surface area contributed by atoms with Crippen LogP contribution in [0.2, 0.25) is 0 Å². The van der Waals surface area contributed by atoms with Gasteiger partial charge in [0.2, 0.25) is 0 Å². The minimum Gasteiger partial charge on any atom is -0.457 e. The first-order valence-electron chi connectivity index (χ1n) is 11.3. The first-order valence-corrected chi connectivity index (χ1v) is 12.6. The van der Waals surface area contributed by atoms with Crippen LogP contribution >= 0.6 is 7.92 Å². The highest BCUT2D eigenvalue weighted by Gasteiger charge is 2.17. The van der Waals surface area contributed by atoms with Crippen molar-refractivity contribution in [2.45, 2.75) is 0 Å². The van der Waals surface area contributed by atoms with Crippen LogP contribution in [0.1, 0.15) is 0 Å². The molecule has 0 heterocycles. The van der Waals surface area contributed by atoms with E-state index in [-0.39, 0.29) is 0 Å². The van der Waals surface area contributed by atoms with E-state index in [1.54, 1.807) is 0 Å². The van der Waals surface area contributed by atoms with Crippen molar-refractivity contribution in [2.24, 2.45) is 0 Å². The standard InChI is InChI=1S/C30H25N2O2P/c31-22-6-10-24(11-7-22)33-26-14-18-29(19-15-26)35(28-4-2-1-3-5-28)30-20-16-27(17-21-30)34-25-12-8-23(32)9-13-25/h1-21H,31-32H2. The summed E-state index contributed by atoms with van der Waals surface area (Å²) in [6.07, 6.45) is 0. The average molecular weight is 477 g/mol. The molecule has 0 amide bonds. The van der Waals surface area contributed by atoms with Gasteiger partial charge in [0.05, 0.1) is 0 Å². The predicted octanol–water partition coefficient (Wildman–Crippen LogP) is 6.19. The van der Waals surface area contributed by atoms with E-state index >= 15 is 0 Å². The zero-order valence-corrected chi connectivity index (χ0v) is 19.9. The van der Waals surface area contributed by atoms with Crippen LogP contribution in [0.5, 0.6) is 23.0 Å². The fourth-order valence-corrected chi connectivity index (χ4v) is 5.95. The van der Waals surface area contributed by atoms with Crippen molar-refractivity contribution in [1.82, 2.24) is 0 Å². The molecule has 0 aromatic heterocycles. The molecule has 172 valence electrons. The van der Waals surface area contributed by atoms with Gasteiger partial charge in [0.1, 0.15) is 23.0 Å². The second-order valence-electron chi connectivity index (χ2n) is 8.00. The molecule has 35 heavy (non-hydrogen) atoms. The Morgan fingerprint density at radius 3 is 1.06 bits per heavy atom. The minimum atomic E-state index is -0.742. The van der Waals surface area contributed by atoms with E-state index in [0.29, 0.717) is 11.4 Å². The van der Waals surface area contributed by atoms with Gasteiger partial charge in [-0.1, -0.05) is 54.6 Å². The molecule has 5 heteroatoms. The number of hydrogen-bond acceptors (Lipinski definition) is 4. The smallest absolute Gasteiger partial charge is 0.127 e. The lowest BCUT2D eigenvalue weighted by atomic mass is 10.3. The molecule has 0 aliphatic rings. The summed E-state index contributed by atoms with van der Waals surface area (Å²) < 4.78 is 12.0. The average Bonchev–Trinajstić information content (AvgIpc) is 2.90. The molecule has 5 rings (SSSR count). The van der Waals surface area contributed by atoms with E-state index in [9.17, 15) is 0 Å². The molecule has 0 aliphatic carbocycles. The van der Waals surface area contributed by atoms with Crippen molar-refractivity contribution < 1.29 is 9.47 Å². The summed E-state index contributed by atoms with van der Waals surface area (Å²) in [5.74, 6) is 3.09. The third-order valence-electron chi connectivity index (χ3n) is 5.44. The van der Waals surface area contributed by atoms with Crippen molar-refractivity contribution in [3.63, 3.8) is 0 Å². The van der Waals surface area contributed by atoms with E-state index < -0.39 is 7.92 Å². The van der Waals surface area contributed by atoms with Crippen LogP contribution in [0.25, 0.3) is 0 Å². The number of nitrogen functional groups attached to an aromatic ring is 2. The normalized spacial score (nSPS) is 10.8. The maximum Gasteiger partial charge on any atom is 0.127 e. The Kier molecular flexibility index (Phi) is 6.65. The van der Waals surface area contributed by atoms with Crippen molar-refractivity contribution in [3.8, 4) is 23.0 Å². The fraction of sp³-hybridized carbons (Fsp3) is 0. The topological polar surface area (TPSA) is 70.5 Å². The Hall–Kier alpha value is -4.27. The van der Waals surface area contributed by atoms with Crippen molar-refractivity contribution in [1.29, 1.82) is 0 Å². The second-order valence-corrected chi connectivity index (χ2v) is 10.2. The van der Waals surface area contributed by atoms with Gasteiger partial charge in [-0.2, -0.15) is 0 Å². The number of benzene rings is 5. The monoisotopic (exact) mass is 476 g/mol. The molecule has 0 radical (unpaired) electrons. The lowest BCUT2D eigenvalue weighted by molar-refractivity contribution is 0.482. The molecule has 0 bridgehead atoms. The van der Waals surface area contributed by atoms with Gasteiger partial charge in [0.25, 0.3) is 0 Å². The van der Waals surface area contributed by atoms with Crippen LogP contribution in [-0.2, 0) is 0 Å². The maximum absolute atomic E-state index is 5.99. The van der Waals surface area contributed by atoms with Gasteiger partial charge in [-0.25, -0.2) is 0 Å². The quantitative estimate of drug-likeness (QED) is 0.217. The number of nitrogens with two attached hydrogens (primary N) is 2. The molecule has 0 unspecified atom stereocenters. The number of hydrogen-bond donors (Lipinski definition) is 2. The summed E-state index contributed by atoms with van der Waals surface area (Å²) in [7, 11) is -0.742. The van der Waals surface area contributed by atoms with Crippen LogP contribution in [0.3, 0.4) is 0 Å². The molecule has 5 aromatic carbocycles. The Balaban J connectivity index is 1.40. The van der Waals surface area contributed by atoms with E-state index in [1.165, 1.54) is 15.9 Å². The third kappa shape index (κ3) is 5.63. The van der Waals surface area contributed by atoms with Crippen LogP contribution in [0.15, 0.2) is 127 Å². The molecular formula is C30H25N2O2P. The van der Waals surface area contributed by atoms with E-state index in [1.807, 2.05) is 78.9 Å². The van der Waals surface area contributed by atoms with E-state index in [4.69, 9.17) is 20.9 Å². The first-order chi connectivity index (χ1) is 17.1. The van der Waals surface area contributed by atoms with Crippen LogP contribution in [0.4, 0.5) is 11.4 Å². The summed E-state index contributed by atoms with van der Waals surface area (Å²) in [5.41, 5.74) is 13.0. The highest BCUT2D eigenvalue weighted by molar-refractivity contribution is 7.79. The molecule has 0 atom stereocenters. The van der Waals surface area contributed by atoms with Gasteiger partial charge in [-0.15, -0.1) is 0 Å². The Morgan fingerprint density at radius 2 is 0.686 bits per heavy atom. The molecule has 0 fully saturated rings. The number of anilines is 2. The summed E-state index contributed by atoms with van der Waals surface area (Å²) in [5, 5.41) is 3.76. The number of rotatable bonds is 7. The summed E-state index contributed by atoms with van der Waals surface area (Å²) in [6, 6.07) is 42.0. The molecule has 4 nitrogen and oxygen atoms in total. The van der Waals surface area contributed by atoms with Gasteiger partial charge in [0, 0.05) is 11.4 Å².